The molecule has 1 rings (SSSR count). The van der Waals surface area contributed by atoms with Crippen LogP contribution >= 0.6 is 0 Å². The molecule has 0 radical (unpaired) electrons. The minimum Gasteiger partial charge on any atom is -0.385 e. The van der Waals surface area contributed by atoms with Crippen molar-refractivity contribution in [1.29, 1.82) is 0 Å². The molecule has 0 saturated carbocycles. The Kier molecular flexibility index (Phi) is 8.59. The van der Waals surface area contributed by atoms with E-state index in [0.717, 1.165) is 71.8 Å². The Morgan fingerprint density at radius 3 is 2.61 bits per heavy atom. The van der Waals surface area contributed by atoms with Crippen LogP contribution in [-0.4, -0.2) is 53.2 Å². The van der Waals surface area contributed by atoms with Crippen LogP contribution in [0.15, 0.2) is 0 Å². The van der Waals surface area contributed by atoms with E-state index in [0.29, 0.717) is 5.41 Å². The SMILES string of the molecule is CCNCC1(CCOCCCOC)CCOCC1. The van der Waals surface area contributed by atoms with E-state index in [1.807, 2.05) is 0 Å². The summed E-state index contributed by atoms with van der Waals surface area (Å²) in [5.74, 6) is 0. The van der Waals surface area contributed by atoms with Crippen LogP contribution in [0.1, 0.15) is 32.6 Å². The van der Waals surface area contributed by atoms with Gasteiger partial charge >= 0.3 is 0 Å². The lowest BCUT2D eigenvalue weighted by molar-refractivity contribution is -0.00732. The molecule has 0 aliphatic carbocycles. The van der Waals surface area contributed by atoms with Crippen LogP contribution in [0.2, 0.25) is 0 Å². The molecule has 1 aliphatic heterocycles. The smallest absolute Gasteiger partial charge is 0.0487 e. The van der Waals surface area contributed by atoms with Crippen molar-refractivity contribution in [2.45, 2.75) is 32.6 Å². The van der Waals surface area contributed by atoms with Gasteiger partial charge in [-0.2, -0.15) is 0 Å². The Hall–Kier alpha value is -0.160. The molecule has 0 spiro atoms. The molecule has 1 fully saturated rings. The number of ether oxygens (including phenoxy) is 3. The van der Waals surface area contributed by atoms with Crippen molar-refractivity contribution in [2.75, 3.05) is 53.2 Å². The minimum atomic E-state index is 0.384. The number of rotatable bonds is 10. The lowest BCUT2D eigenvalue weighted by atomic mass is 9.77. The first-order valence-electron chi connectivity index (χ1n) is 7.18. The highest BCUT2D eigenvalue weighted by atomic mass is 16.5. The van der Waals surface area contributed by atoms with Gasteiger partial charge < -0.3 is 19.5 Å². The molecule has 0 unspecified atom stereocenters. The highest BCUT2D eigenvalue weighted by Gasteiger charge is 2.31. The van der Waals surface area contributed by atoms with E-state index in [2.05, 4.69) is 12.2 Å². The number of methoxy groups -OCH3 is 1. The van der Waals surface area contributed by atoms with E-state index < -0.39 is 0 Å². The molecule has 1 saturated heterocycles. The highest BCUT2D eigenvalue weighted by Crippen LogP contribution is 2.33. The Morgan fingerprint density at radius 2 is 1.94 bits per heavy atom. The first-order valence-corrected chi connectivity index (χ1v) is 7.18. The van der Waals surface area contributed by atoms with Gasteiger partial charge in [0.15, 0.2) is 0 Å². The molecule has 0 aromatic rings. The third kappa shape index (κ3) is 6.14. The Labute approximate surface area is 111 Å². The summed E-state index contributed by atoms with van der Waals surface area (Å²) < 4.78 is 16.2. The van der Waals surface area contributed by atoms with E-state index in [-0.39, 0.29) is 0 Å². The van der Waals surface area contributed by atoms with Gasteiger partial charge in [0.25, 0.3) is 0 Å². The van der Waals surface area contributed by atoms with Crippen LogP contribution < -0.4 is 5.32 Å². The van der Waals surface area contributed by atoms with E-state index in [4.69, 9.17) is 14.2 Å². The summed E-state index contributed by atoms with van der Waals surface area (Å²) in [6.45, 7) is 8.54. The second-order valence-corrected chi connectivity index (χ2v) is 5.10. The van der Waals surface area contributed by atoms with Crippen molar-refractivity contribution in [3.63, 3.8) is 0 Å². The van der Waals surface area contributed by atoms with Gasteiger partial charge in [-0.1, -0.05) is 6.92 Å². The van der Waals surface area contributed by atoms with Gasteiger partial charge in [-0.25, -0.2) is 0 Å². The van der Waals surface area contributed by atoms with Crippen molar-refractivity contribution in [3.05, 3.63) is 0 Å². The molecule has 0 atom stereocenters. The molecule has 0 amide bonds. The first-order chi connectivity index (χ1) is 8.83. The Morgan fingerprint density at radius 1 is 1.17 bits per heavy atom. The molecular weight excluding hydrogens is 230 g/mol. The zero-order chi connectivity index (χ0) is 13.1. The molecule has 0 bridgehead atoms. The molecule has 4 heteroatoms. The summed E-state index contributed by atoms with van der Waals surface area (Å²) in [7, 11) is 1.73. The topological polar surface area (TPSA) is 39.7 Å². The molecule has 1 aliphatic rings. The summed E-state index contributed by atoms with van der Waals surface area (Å²) in [5, 5.41) is 3.49. The number of hydrogen-bond donors (Lipinski definition) is 1. The van der Waals surface area contributed by atoms with Crippen LogP contribution in [0.4, 0.5) is 0 Å². The molecule has 18 heavy (non-hydrogen) atoms. The van der Waals surface area contributed by atoms with Crippen molar-refractivity contribution >= 4 is 0 Å². The molecular formula is C14H29NO3. The molecule has 0 aromatic carbocycles. The van der Waals surface area contributed by atoms with Crippen LogP contribution in [0.3, 0.4) is 0 Å². The van der Waals surface area contributed by atoms with Gasteiger partial charge in [-0.3, -0.25) is 0 Å². The average molecular weight is 259 g/mol. The Balaban J connectivity index is 2.19. The summed E-state index contributed by atoms with van der Waals surface area (Å²) in [5.41, 5.74) is 0.384. The second-order valence-electron chi connectivity index (χ2n) is 5.10. The van der Waals surface area contributed by atoms with E-state index in [9.17, 15) is 0 Å². The number of hydrogen-bond acceptors (Lipinski definition) is 4. The predicted molar refractivity (Wildman–Crippen MR) is 73.0 cm³/mol. The van der Waals surface area contributed by atoms with Crippen molar-refractivity contribution < 1.29 is 14.2 Å². The highest BCUT2D eigenvalue weighted by molar-refractivity contribution is 4.83. The second kappa shape index (κ2) is 9.73. The van der Waals surface area contributed by atoms with Crippen molar-refractivity contribution in [3.8, 4) is 0 Å². The molecule has 108 valence electrons. The molecule has 1 N–H and O–H groups in total. The van der Waals surface area contributed by atoms with Gasteiger partial charge in [0.2, 0.25) is 0 Å². The van der Waals surface area contributed by atoms with Gasteiger partial charge in [0.05, 0.1) is 0 Å². The van der Waals surface area contributed by atoms with Crippen molar-refractivity contribution in [2.24, 2.45) is 5.41 Å². The maximum Gasteiger partial charge on any atom is 0.0487 e. The Bertz CT molecular complexity index is 193. The quantitative estimate of drug-likeness (QED) is 0.608. The standard InChI is InChI=1S/C14H29NO3/c1-3-15-13-14(6-11-18-12-7-14)5-10-17-9-4-8-16-2/h15H,3-13H2,1-2H3. The molecule has 4 nitrogen and oxygen atoms in total. The van der Waals surface area contributed by atoms with Crippen LogP contribution in [-0.2, 0) is 14.2 Å². The fourth-order valence-corrected chi connectivity index (χ4v) is 2.41. The van der Waals surface area contributed by atoms with Gasteiger partial charge in [-0.05, 0) is 37.6 Å². The fraction of sp³-hybridized carbons (Fsp3) is 1.00. The van der Waals surface area contributed by atoms with Crippen LogP contribution in [0, 0.1) is 5.41 Å². The van der Waals surface area contributed by atoms with Crippen LogP contribution in [0.5, 0.6) is 0 Å². The lowest BCUT2D eigenvalue weighted by Crippen LogP contribution is -2.40. The third-order valence-corrected chi connectivity index (χ3v) is 3.72. The summed E-state index contributed by atoms with van der Waals surface area (Å²) in [6.07, 6.45) is 4.43. The summed E-state index contributed by atoms with van der Waals surface area (Å²) >= 11 is 0. The monoisotopic (exact) mass is 259 g/mol. The number of nitrogens with one attached hydrogen (secondary N) is 1. The van der Waals surface area contributed by atoms with E-state index in [1.165, 1.54) is 0 Å². The first kappa shape index (κ1) is 15.9. The van der Waals surface area contributed by atoms with Gasteiger partial charge in [-0.15, -0.1) is 0 Å². The zero-order valence-corrected chi connectivity index (χ0v) is 12.0. The third-order valence-electron chi connectivity index (χ3n) is 3.72. The lowest BCUT2D eigenvalue weighted by Gasteiger charge is -2.37. The largest absolute Gasteiger partial charge is 0.385 e. The van der Waals surface area contributed by atoms with E-state index in [1.54, 1.807) is 7.11 Å². The minimum absolute atomic E-state index is 0.384. The van der Waals surface area contributed by atoms with Gasteiger partial charge in [0, 0.05) is 46.7 Å². The average Bonchev–Trinajstić information content (AvgIpc) is 2.42. The predicted octanol–water partition coefficient (Wildman–Crippen LogP) is 1.84. The molecule has 1 heterocycles. The fourth-order valence-electron chi connectivity index (χ4n) is 2.41. The summed E-state index contributed by atoms with van der Waals surface area (Å²) in [6, 6.07) is 0. The maximum atomic E-state index is 5.69. The van der Waals surface area contributed by atoms with Crippen LogP contribution in [0.25, 0.3) is 0 Å². The van der Waals surface area contributed by atoms with E-state index >= 15 is 0 Å². The summed E-state index contributed by atoms with van der Waals surface area (Å²) in [4.78, 5) is 0. The van der Waals surface area contributed by atoms with Crippen molar-refractivity contribution in [1.82, 2.24) is 5.32 Å². The van der Waals surface area contributed by atoms with Gasteiger partial charge in [0.1, 0.15) is 0 Å². The maximum absolute atomic E-state index is 5.69. The molecule has 0 aromatic heterocycles. The zero-order valence-electron chi connectivity index (χ0n) is 12.0. The normalized spacial score (nSPS) is 19.0.